The lowest BCUT2D eigenvalue weighted by Gasteiger charge is -2.05. The fourth-order valence-electron chi connectivity index (χ4n) is 3.18. The van der Waals surface area contributed by atoms with Gasteiger partial charge in [-0.2, -0.15) is 5.10 Å². The molecule has 0 aliphatic rings. The van der Waals surface area contributed by atoms with Gasteiger partial charge in [-0.3, -0.25) is 0 Å². The van der Waals surface area contributed by atoms with E-state index >= 15 is 0 Å². The van der Waals surface area contributed by atoms with Gasteiger partial charge in [0.1, 0.15) is 0 Å². The Morgan fingerprint density at radius 2 is 1.71 bits per heavy atom. The van der Waals surface area contributed by atoms with Crippen LogP contribution in [0.25, 0.3) is 10.9 Å². The molecule has 3 aromatic carbocycles. The standard InChI is InChI=1S/C23H19BrClN3/c24-20-11-9-17(10-12-20)15-28-16-19(21-6-2-4-8-23(21)28)14-27-26-13-18-5-1-3-7-22(18)25/h1-12,14,16,26H,13,15H2/b27-14-. The molecule has 0 radical (unpaired) electrons. The van der Waals surface area contributed by atoms with Crippen LogP contribution in [0, 0.1) is 0 Å². The van der Waals surface area contributed by atoms with Crippen LogP contribution in [0.1, 0.15) is 16.7 Å². The van der Waals surface area contributed by atoms with Crippen LogP contribution in [-0.4, -0.2) is 10.8 Å². The highest BCUT2D eigenvalue weighted by Crippen LogP contribution is 2.22. The number of hydrogen-bond donors (Lipinski definition) is 1. The second-order valence-corrected chi connectivity index (χ2v) is 7.86. The number of nitrogens with zero attached hydrogens (tertiary/aromatic N) is 2. The van der Waals surface area contributed by atoms with Crippen LogP contribution in [0.4, 0.5) is 0 Å². The molecule has 0 fully saturated rings. The molecular formula is C23H19BrClN3. The molecular weight excluding hydrogens is 434 g/mol. The first-order chi connectivity index (χ1) is 13.7. The number of rotatable bonds is 6. The molecule has 0 spiro atoms. The predicted octanol–water partition coefficient (Wildman–Crippen LogP) is 6.23. The molecule has 1 heterocycles. The fraction of sp³-hybridized carbons (Fsp3) is 0.0870. The van der Waals surface area contributed by atoms with Gasteiger partial charge in [-0.05, 0) is 35.4 Å². The van der Waals surface area contributed by atoms with E-state index in [1.54, 1.807) is 0 Å². The monoisotopic (exact) mass is 451 g/mol. The van der Waals surface area contributed by atoms with E-state index in [2.05, 4.69) is 85.8 Å². The van der Waals surface area contributed by atoms with Gasteiger partial charge < -0.3 is 9.99 Å². The second-order valence-electron chi connectivity index (χ2n) is 6.54. The number of aromatic nitrogens is 1. The lowest BCUT2D eigenvalue weighted by molar-refractivity contribution is 0.748. The van der Waals surface area contributed by atoms with Crippen molar-refractivity contribution in [3.63, 3.8) is 0 Å². The minimum absolute atomic E-state index is 0.591. The van der Waals surface area contributed by atoms with Crippen LogP contribution in [0.5, 0.6) is 0 Å². The molecule has 1 N–H and O–H groups in total. The van der Waals surface area contributed by atoms with E-state index in [0.717, 1.165) is 27.2 Å². The smallest absolute Gasteiger partial charge is 0.0594 e. The minimum Gasteiger partial charge on any atom is -0.342 e. The molecule has 140 valence electrons. The molecule has 3 nitrogen and oxygen atoms in total. The van der Waals surface area contributed by atoms with Gasteiger partial charge in [0.05, 0.1) is 12.8 Å². The number of para-hydroxylation sites is 1. The van der Waals surface area contributed by atoms with Gasteiger partial charge in [-0.25, -0.2) is 0 Å². The molecule has 5 heteroatoms. The second kappa shape index (κ2) is 8.63. The van der Waals surface area contributed by atoms with Gasteiger partial charge in [0.25, 0.3) is 0 Å². The van der Waals surface area contributed by atoms with E-state index < -0.39 is 0 Å². The first kappa shape index (κ1) is 18.8. The van der Waals surface area contributed by atoms with Gasteiger partial charge in [0.2, 0.25) is 0 Å². The number of nitrogens with one attached hydrogen (secondary N) is 1. The van der Waals surface area contributed by atoms with Crippen molar-refractivity contribution >= 4 is 44.6 Å². The fourth-order valence-corrected chi connectivity index (χ4v) is 3.65. The molecule has 4 aromatic rings. The Morgan fingerprint density at radius 3 is 2.54 bits per heavy atom. The van der Waals surface area contributed by atoms with Crippen LogP contribution in [0.15, 0.2) is 88.6 Å². The van der Waals surface area contributed by atoms with Crippen LogP contribution in [0.2, 0.25) is 5.02 Å². The third-order valence-electron chi connectivity index (χ3n) is 4.61. The number of fused-ring (bicyclic) bond motifs is 1. The van der Waals surface area contributed by atoms with Crippen LogP contribution >= 0.6 is 27.5 Å². The SMILES string of the molecule is Clc1ccccc1CN/N=C\c1cn(Cc2ccc(Br)cc2)c2ccccc12. The van der Waals surface area contributed by atoms with Gasteiger partial charge in [-0.15, -0.1) is 0 Å². The van der Waals surface area contributed by atoms with Crippen molar-refractivity contribution in [2.45, 2.75) is 13.1 Å². The molecule has 0 amide bonds. The van der Waals surface area contributed by atoms with E-state index in [0.29, 0.717) is 6.54 Å². The Hall–Kier alpha value is -2.56. The van der Waals surface area contributed by atoms with Crippen LogP contribution in [0.3, 0.4) is 0 Å². The molecule has 0 aliphatic carbocycles. The summed E-state index contributed by atoms with van der Waals surface area (Å²) < 4.78 is 3.35. The zero-order valence-corrected chi connectivity index (χ0v) is 17.5. The summed E-state index contributed by atoms with van der Waals surface area (Å²) in [5.74, 6) is 0. The lowest BCUT2D eigenvalue weighted by Crippen LogP contribution is -2.05. The zero-order valence-electron chi connectivity index (χ0n) is 15.1. The summed E-state index contributed by atoms with van der Waals surface area (Å²) in [4.78, 5) is 0. The normalized spacial score (nSPS) is 11.4. The van der Waals surface area contributed by atoms with Gasteiger partial charge in [-0.1, -0.05) is 76.1 Å². The lowest BCUT2D eigenvalue weighted by atomic mass is 10.2. The van der Waals surface area contributed by atoms with Crippen molar-refractivity contribution in [3.05, 3.63) is 105 Å². The summed E-state index contributed by atoms with van der Waals surface area (Å²) >= 11 is 9.68. The molecule has 0 atom stereocenters. The summed E-state index contributed by atoms with van der Waals surface area (Å²) in [7, 11) is 0. The van der Waals surface area contributed by atoms with Crippen molar-refractivity contribution in [2.75, 3.05) is 0 Å². The number of benzene rings is 3. The average Bonchev–Trinajstić information content (AvgIpc) is 3.06. The Bertz CT molecular complexity index is 1120. The van der Waals surface area contributed by atoms with E-state index in [1.807, 2.05) is 30.5 Å². The molecule has 1 aromatic heterocycles. The van der Waals surface area contributed by atoms with Crippen LogP contribution < -0.4 is 5.43 Å². The van der Waals surface area contributed by atoms with Crippen LogP contribution in [-0.2, 0) is 13.1 Å². The van der Waals surface area contributed by atoms with Gasteiger partial charge in [0.15, 0.2) is 0 Å². The zero-order chi connectivity index (χ0) is 19.3. The Labute approximate surface area is 177 Å². The van der Waals surface area contributed by atoms with E-state index in [-0.39, 0.29) is 0 Å². The maximum absolute atomic E-state index is 6.19. The summed E-state index contributed by atoms with van der Waals surface area (Å²) in [6, 6.07) is 24.6. The number of hydrogen-bond acceptors (Lipinski definition) is 2. The summed E-state index contributed by atoms with van der Waals surface area (Å²) in [5, 5.41) is 6.34. The molecule has 0 bridgehead atoms. The molecule has 0 saturated carbocycles. The third-order valence-corrected chi connectivity index (χ3v) is 5.51. The molecule has 4 rings (SSSR count). The highest BCUT2D eigenvalue weighted by atomic mass is 79.9. The summed E-state index contributed by atoms with van der Waals surface area (Å²) in [6.07, 6.45) is 4.02. The van der Waals surface area contributed by atoms with Gasteiger partial charge in [0, 0.05) is 38.7 Å². The topological polar surface area (TPSA) is 29.3 Å². The van der Waals surface area contributed by atoms with Gasteiger partial charge >= 0.3 is 0 Å². The Balaban J connectivity index is 1.54. The van der Waals surface area contributed by atoms with E-state index in [4.69, 9.17) is 11.6 Å². The number of halogens is 2. The molecule has 0 unspecified atom stereocenters. The number of hydrazone groups is 1. The highest BCUT2D eigenvalue weighted by Gasteiger charge is 2.07. The Morgan fingerprint density at radius 1 is 0.964 bits per heavy atom. The quantitative estimate of drug-likeness (QED) is 0.273. The van der Waals surface area contributed by atoms with Crippen molar-refractivity contribution < 1.29 is 0 Å². The van der Waals surface area contributed by atoms with E-state index in [9.17, 15) is 0 Å². The van der Waals surface area contributed by atoms with Crippen molar-refractivity contribution in [1.29, 1.82) is 0 Å². The Kier molecular flexibility index (Phi) is 5.79. The van der Waals surface area contributed by atoms with Crippen molar-refractivity contribution in [1.82, 2.24) is 9.99 Å². The minimum atomic E-state index is 0.591. The molecule has 0 saturated heterocycles. The third kappa shape index (κ3) is 4.29. The molecule has 28 heavy (non-hydrogen) atoms. The van der Waals surface area contributed by atoms with Crippen molar-refractivity contribution in [2.24, 2.45) is 5.10 Å². The van der Waals surface area contributed by atoms with Crippen molar-refractivity contribution in [3.8, 4) is 0 Å². The highest BCUT2D eigenvalue weighted by molar-refractivity contribution is 9.10. The molecule has 0 aliphatic heterocycles. The summed E-state index contributed by atoms with van der Waals surface area (Å²) in [6.45, 7) is 1.41. The average molecular weight is 453 g/mol. The van der Waals surface area contributed by atoms with E-state index in [1.165, 1.54) is 16.5 Å². The largest absolute Gasteiger partial charge is 0.342 e. The first-order valence-corrected chi connectivity index (χ1v) is 10.2. The predicted molar refractivity (Wildman–Crippen MR) is 121 cm³/mol. The maximum Gasteiger partial charge on any atom is 0.0594 e. The maximum atomic E-state index is 6.19. The summed E-state index contributed by atoms with van der Waals surface area (Å²) in [5.41, 5.74) is 7.65. The first-order valence-electron chi connectivity index (χ1n) is 9.02.